The minimum absolute atomic E-state index is 0.0953. The lowest BCUT2D eigenvalue weighted by atomic mass is 10.2. The molecule has 2 N–H and O–H groups in total. The molecule has 0 spiro atoms. The highest BCUT2D eigenvalue weighted by molar-refractivity contribution is 5.44. The summed E-state index contributed by atoms with van der Waals surface area (Å²) in [5.41, 5.74) is 5.78. The van der Waals surface area contributed by atoms with Crippen LogP contribution in [0.25, 0.3) is 0 Å². The second-order valence-electron chi connectivity index (χ2n) is 4.95. The molecule has 0 saturated carbocycles. The molecule has 1 atom stereocenters. The van der Waals surface area contributed by atoms with E-state index in [0.29, 0.717) is 18.4 Å². The second kappa shape index (κ2) is 5.55. The summed E-state index contributed by atoms with van der Waals surface area (Å²) in [5, 5.41) is 4.39. The number of aryl methyl sites for hydroxylation is 1. The maximum atomic E-state index is 5.78. The quantitative estimate of drug-likeness (QED) is 0.894. The van der Waals surface area contributed by atoms with E-state index in [1.165, 1.54) is 6.33 Å². The molecule has 1 saturated heterocycles. The Kier molecular flexibility index (Phi) is 3.59. The van der Waals surface area contributed by atoms with Crippen LogP contribution >= 0.6 is 0 Å². The van der Waals surface area contributed by atoms with Crippen molar-refractivity contribution in [3.05, 3.63) is 18.2 Å². The molecular weight excluding hydrogens is 270 g/mol. The standard InChI is InChI=1S/C13H19N7O/c1-3-21-11-7-10(15-8-16-11)20-6-4-5-9(20)12-17-13(14)19(2)18-12/h7-9H,3-6H2,1-2H3,(H2,14,17,18)/t9-/m0/s1. The van der Waals surface area contributed by atoms with Crippen molar-refractivity contribution >= 4 is 11.8 Å². The van der Waals surface area contributed by atoms with Gasteiger partial charge in [0.1, 0.15) is 12.1 Å². The van der Waals surface area contributed by atoms with E-state index >= 15 is 0 Å². The number of nitrogen functional groups attached to an aromatic ring is 1. The van der Waals surface area contributed by atoms with E-state index in [9.17, 15) is 0 Å². The van der Waals surface area contributed by atoms with Crippen LogP contribution in [0.3, 0.4) is 0 Å². The molecule has 8 nitrogen and oxygen atoms in total. The zero-order valence-corrected chi connectivity index (χ0v) is 12.2. The van der Waals surface area contributed by atoms with Gasteiger partial charge >= 0.3 is 0 Å². The Hall–Kier alpha value is -2.38. The monoisotopic (exact) mass is 289 g/mol. The first-order valence-electron chi connectivity index (χ1n) is 7.07. The SMILES string of the molecule is CCOc1cc(N2CCC[C@H]2c2nc(N)n(C)n2)ncn1. The average molecular weight is 289 g/mol. The van der Waals surface area contributed by atoms with Crippen molar-refractivity contribution in [1.29, 1.82) is 0 Å². The molecule has 1 aliphatic rings. The Bertz CT molecular complexity index is 607. The summed E-state index contributed by atoms with van der Waals surface area (Å²) in [6.07, 6.45) is 3.57. The van der Waals surface area contributed by atoms with E-state index in [0.717, 1.165) is 31.0 Å². The second-order valence-corrected chi connectivity index (χ2v) is 4.95. The van der Waals surface area contributed by atoms with Crippen molar-refractivity contribution in [3.8, 4) is 5.88 Å². The smallest absolute Gasteiger partial charge is 0.218 e. The lowest BCUT2D eigenvalue weighted by molar-refractivity contribution is 0.326. The topological polar surface area (TPSA) is 95.0 Å². The van der Waals surface area contributed by atoms with Crippen molar-refractivity contribution in [2.24, 2.45) is 7.05 Å². The molecule has 0 aliphatic carbocycles. The average Bonchev–Trinajstić information content (AvgIpc) is 3.07. The van der Waals surface area contributed by atoms with Crippen molar-refractivity contribution in [2.75, 3.05) is 23.8 Å². The van der Waals surface area contributed by atoms with Gasteiger partial charge in [-0.05, 0) is 19.8 Å². The van der Waals surface area contributed by atoms with Crippen LogP contribution in [0.1, 0.15) is 31.6 Å². The van der Waals surface area contributed by atoms with Crippen LogP contribution in [-0.4, -0.2) is 37.9 Å². The summed E-state index contributed by atoms with van der Waals surface area (Å²) in [7, 11) is 1.79. The van der Waals surface area contributed by atoms with Gasteiger partial charge in [-0.2, -0.15) is 10.1 Å². The van der Waals surface area contributed by atoms with Gasteiger partial charge in [-0.3, -0.25) is 0 Å². The molecule has 1 aliphatic heterocycles. The molecule has 0 unspecified atom stereocenters. The van der Waals surface area contributed by atoms with E-state index in [2.05, 4.69) is 25.0 Å². The molecule has 0 radical (unpaired) electrons. The van der Waals surface area contributed by atoms with Crippen LogP contribution in [0.2, 0.25) is 0 Å². The lowest BCUT2D eigenvalue weighted by Gasteiger charge is -2.23. The number of anilines is 2. The summed E-state index contributed by atoms with van der Waals surface area (Å²) in [6, 6.07) is 1.95. The van der Waals surface area contributed by atoms with Gasteiger partial charge in [-0.1, -0.05) is 0 Å². The first-order valence-corrected chi connectivity index (χ1v) is 7.07. The Labute approximate surface area is 123 Å². The number of ether oxygens (including phenoxy) is 1. The maximum absolute atomic E-state index is 5.78. The Morgan fingerprint density at radius 2 is 2.29 bits per heavy atom. The van der Waals surface area contributed by atoms with Crippen molar-refractivity contribution in [1.82, 2.24) is 24.7 Å². The number of hydrogen-bond donors (Lipinski definition) is 1. The van der Waals surface area contributed by atoms with Gasteiger partial charge in [-0.15, -0.1) is 0 Å². The van der Waals surface area contributed by atoms with E-state index in [1.54, 1.807) is 11.7 Å². The number of aromatic nitrogens is 5. The van der Waals surface area contributed by atoms with Crippen molar-refractivity contribution in [2.45, 2.75) is 25.8 Å². The zero-order chi connectivity index (χ0) is 14.8. The van der Waals surface area contributed by atoms with Crippen molar-refractivity contribution < 1.29 is 4.74 Å². The Morgan fingerprint density at radius 3 is 3.00 bits per heavy atom. The van der Waals surface area contributed by atoms with Crippen LogP contribution < -0.4 is 15.4 Å². The van der Waals surface area contributed by atoms with Gasteiger partial charge in [-0.25, -0.2) is 14.6 Å². The van der Waals surface area contributed by atoms with Gasteiger partial charge in [0.25, 0.3) is 0 Å². The molecule has 21 heavy (non-hydrogen) atoms. The summed E-state index contributed by atoms with van der Waals surface area (Å²) >= 11 is 0. The minimum Gasteiger partial charge on any atom is -0.478 e. The largest absolute Gasteiger partial charge is 0.478 e. The number of rotatable bonds is 4. The molecule has 1 fully saturated rings. The molecule has 2 aromatic heterocycles. The fourth-order valence-electron chi connectivity index (χ4n) is 2.58. The molecule has 8 heteroatoms. The molecule has 3 heterocycles. The Balaban J connectivity index is 1.88. The Morgan fingerprint density at radius 1 is 1.43 bits per heavy atom. The van der Waals surface area contributed by atoms with Gasteiger partial charge in [0.2, 0.25) is 11.8 Å². The van der Waals surface area contributed by atoms with Crippen molar-refractivity contribution in [3.63, 3.8) is 0 Å². The highest BCUT2D eigenvalue weighted by Crippen LogP contribution is 2.34. The molecule has 0 amide bonds. The van der Waals surface area contributed by atoms with Crippen LogP contribution in [-0.2, 0) is 7.05 Å². The van der Waals surface area contributed by atoms with Gasteiger partial charge in [0, 0.05) is 19.7 Å². The number of nitrogens with zero attached hydrogens (tertiary/aromatic N) is 6. The maximum Gasteiger partial charge on any atom is 0.218 e. The molecule has 0 bridgehead atoms. The lowest BCUT2D eigenvalue weighted by Crippen LogP contribution is -2.24. The first kappa shape index (κ1) is 13.6. The minimum atomic E-state index is 0.0953. The first-order chi connectivity index (χ1) is 10.2. The summed E-state index contributed by atoms with van der Waals surface area (Å²) in [4.78, 5) is 15.0. The predicted octanol–water partition coefficient (Wildman–Crippen LogP) is 0.927. The predicted molar refractivity (Wildman–Crippen MR) is 77.9 cm³/mol. The van der Waals surface area contributed by atoms with Gasteiger partial charge in [0.15, 0.2) is 5.82 Å². The third kappa shape index (κ3) is 2.61. The fourth-order valence-corrected chi connectivity index (χ4v) is 2.58. The van der Waals surface area contributed by atoms with Crippen LogP contribution in [0.15, 0.2) is 12.4 Å². The van der Waals surface area contributed by atoms with E-state index < -0.39 is 0 Å². The third-order valence-electron chi connectivity index (χ3n) is 3.58. The van der Waals surface area contributed by atoms with E-state index in [1.807, 2.05) is 13.0 Å². The molecule has 3 rings (SSSR count). The highest BCUT2D eigenvalue weighted by Gasteiger charge is 2.30. The van der Waals surface area contributed by atoms with Gasteiger partial charge in [0.05, 0.1) is 12.6 Å². The van der Waals surface area contributed by atoms with Crippen LogP contribution in [0.5, 0.6) is 5.88 Å². The summed E-state index contributed by atoms with van der Waals surface area (Å²) in [6.45, 7) is 3.42. The summed E-state index contributed by atoms with van der Waals surface area (Å²) in [5.74, 6) is 2.59. The molecular formula is C13H19N7O. The van der Waals surface area contributed by atoms with E-state index in [-0.39, 0.29) is 6.04 Å². The number of nitrogens with two attached hydrogens (primary N) is 1. The zero-order valence-electron chi connectivity index (χ0n) is 12.2. The van der Waals surface area contributed by atoms with Crippen LogP contribution in [0.4, 0.5) is 11.8 Å². The molecule has 0 aromatic carbocycles. The summed E-state index contributed by atoms with van der Waals surface area (Å²) < 4.78 is 7.03. The normalized spacial score (nSPS) is 18.2. The fraction of sp³-hybridized carbons (Fsp3) is 0.538. The molecule has 112 valence electrons. The third-order valence-corrected chi connectivity index (χ3v) is 3.58. The van der Waals surface area contributed by atoms with Gasteiger partial charge < -0.3 is 15.4 Å². The molecule has 2 aromatic rings. The number of hydrogen-bond acceptors (Lipinski definition) is 7. The van der Waals surface area contributed by atoms with E-state index in [4.69, 9.17) is 10.5 Å². The highest BCUT2D eigenvalue weighted by atomic mass is 16.5. The van der Waals surface area contributed by atoms with Crippen LogP contribution in [0, 0.1) is 0 Å².